The van der Waals surface area contributed by atoms with Crippen molar-refractivity contribution in [1.82, 2.24) is 24.8 Å². The van der Waals surface area contributed by atoms with E-state index in [9.17, 15) is 28.7 Å². The summed E-state index contributed by atoms with van der Waals surface area (Å²) in [5.41, 5.74) is 3.38. The van der Waals surface area contributed by atoms with Gasteiger partial charge in [-0.2, -0.15) is 0 Å². The summed E-state index contributed by atoms with van der Waals surface area (Å²) in [5.74, 6) is -1.10. The van der Waals surface area contributed by atoms with E-state index in [1.54, 1.807) is 33.2 Å². The van der Waals surface area contributed by atoms with Crippen LogP contribution in [0.1, 0.15) is 49.2 Å². The minimum absolute atomic E-state index is 0.0189. The number of allylic oxidation sites excluding steroid dienone is 1. The number of aryl methyl sites for hydroxylation is 2. The average Bonchev–Trinajstić information content (AvgIpc) is 3.21. The Labute approximate surface area is 237 Å². The molecular weight excluding hydrogens is 531 g/mol. The lowest BCUT2D eigenvalue weighted by Crippen LogP contribution is -2.44. The zero-order chi connectivity index (χ0) is 30.4. The molecule has 41 heavy (non-hydrogen) atoms. The van der Waals surface area contributed by atoms with Crippen LogP contribution in [0.15, 0.2) is 35.3 Å². The van der Waals surface area contributed by atoms with Crippen LogP contribution in [0.5, 0.6) is 0 Å². The molecule has 0 bridgehead atoms. The number of rotatable bonds is 11. The SMILES string of the molecule is Cc1c(Cn2c(C)ccc(NC(=O)C(CCC=CC(=O)N(C)C)NC(=O)O)c2=O)[nH]c2c(CC(C)C)c(F)cnc12. The Morgan fingerprint density at radius 1 is 1.22 bits per heavy atom. The molecule has 0 aliphatic carbocycles. The number of hydrogen-bond acceptors (Lipinski definition) is 5. The smallest absolute Gasteiger partial charge is 0.405 e. The molecule has 0 aliphatic heterocycles. The lowest BCUT2D eigenvalue weighted by Gasteiger charge is -2.17. The van der Waals surface area contributed by atoms with Gasteiger partial charge in [-0.25, -0.2) is 9.18 Å². The van der Waals surface area contributed by atoms with Gasteiger partial charge in [0.2, 0.25) is 11.8 Å². The number of pyridine rings is 2. The van der Waals surface area contributed by atoms with Crippen LogP contribution in [-0.4, -0.2) is 62.6 Å². The second-order valence-corrected chi connectivity index (χ2v) is 10.6. The Morgan fingerprint density at radius 3 is 2.56 bits per heavy atom. The van der Waals surface area contributed by atoms with E-state index < -0.39 is 23.6 Å². The number of nitrogens with one attached hydrogen (secondary N) is 3. The van der Waals surface area contributed by atoms with Crippen LogP contribution in [0.25, 0.3) is 11.0 Å². The minimum atomic E-state index is -1.39. The Morgan fingerprint density at radius 2 is 1.93 bits per heavy atom. The van der Waals surface area contributed by atoms with Gasteiger partial charge >= 0.3 is 6.09 Å². The first-order chi connectivity index (χ1) is 19.3. The van der Waals surface area contributed by atoms with E-state index in [4.69, 9.17) is 0 Å². The minimum Gasteiger partial charge on any atom is -0.465 e. The van der Waals surface area contributed by atoms with Gasteiger partial charge in [0.1, 0.15) is 17.5 Å². The number of nitrogens with zero attached hydrogens (tertiary/aromatic N) is 3. The first-order valence-electron chi connectivity index (χ1n) is 13.3. The van der Waals surface area contributed by atoms with Crippen molar-refractivity contribution in [3.63, 3.8) is 0 Å². The molecule has 1 unspecified atom stereocenters. The van der Waals surface area contributed by atoms with Gasteiger partial charge in [0.05, 0.1) is 23.8 Å². The second-order valence-electron chi connectivity index (χ2n) is 10.6. The molecule has 0 saturated carbocycles. The summed E-state index contributed by atoms with van der Waals surface area (Å²) in [4.78, 5) is 58.4. The molecule has 3 heterocycles. The third kappa shape index (κ3) is 7.59. The summed E-state index contributed by atoms with van der Waals surface area (Å²) >= 11 is 0. The summed E-state index contributed by atoms with van der Waals surface area (Å²) in [6.07, 6.45) is 3.58. The molecule has 4 N–H and O–H groups in total. The monoisotopic (exact) mass is 568 g/mol. The van der Waals surface area contributed by atoms with Gasteiger partial charge in [0.15, 0.2) is 0 Å². The van der Waals surface area contributed by atoms with Gasteiger partial charge in [-0.05, 0) is 62.8 Å². The fraction of sp³-hybridized carbons (Fsp3) is 0.414. The van der Waals surface area contributed by atoms with Gasteiger partial charge in [-0.3, -0.25) is 19.4 Å². The maximum Gasteiger partial charge on any atom is 0.405 e. The zero-order valence-corrected chi connectivity index (χ0v) is 24.2. The highest BCUT2D eigenvalue weighted by atomic mass is 19.1. The third-order valence-corrected chi connectivity index (χ3v) is 6.73. The van der Waals surface area contributed by atoms with Crippen molar-refractivity contribution in [2.45, 2.75) is 59.5 Å². The second kappa shape index (κ2) is 13.2. The van der Waals surface area contributed by atoms with Gasteiger partial charge < -0.3 is 30.2 Å². The van der Waals surface area contributed by atoms with Crippen LogP contribution in [0.2, 0.25) is 0 Å². The molecule has 0 spiro atoms. The van der Waals surface area contributed by atoms with Crippen molar-refractivity contribution >= 4 is 34.6 Å². The number of aromatic amines is 1. The van der Waals surface area contributed by atoms with Gasteiger partial charge in [0, 0.05) is 31.0 Å². The van der Waals surface area contributed by atoms with E-state index in [2.05, 4.69) is 20.6 Å². The number of anilines is 1. The summed E-state index contributed by atoms with van der Waals surface area (Å²) in [6, 6.07) is 1.99. The highest BCUT2D eigenvalue weighted by molar-refractivity contribution is 5.96. The van der Waals surface area contributed by atoms with Gasteiger partial charge in [-0.1, -0.05) is 19.9 Å². The molecule has 0 radical (unpaired) electrons. The maximum absolute atomic E-state index is 14.6. The predicted octanol–water partition coefficient (Wildman–Crippen LogP) is 3.73. The number of hydrogen-bond donors (Lipinski definition) is 4. The Hall–Kier alpha value is -4.48. The Bertz CT molecular complexity index is 1540. The molecule has 3 aromatic rings. The van der Waals surface area contributed by atoms with Crippen molar-refractivity contribution in [2.75, 3.05) is 19.4 Å². The van der Waals surface area contributed by atoms with Crippen LogP contribution >= 0.6 is 0 Å². The van der Waals surface area contributed by atoms with Crippen LogP contribution < -0.4 is 16.2 Å². The van der Waals surface area contributed by atoms with Gasteiger partial charge in [-0.15, -0.1) is 0 Å². The van der Waals surface area contributed by atoms with E-state index in [0.717, 1.165) is 5.56 Å². The fourth-order valence-corrected chi connectivity index (χ4v) is 4.45. The summed E-state index contributed by atoms with van der Waals surface area (Å²) in [5, 5.41) is 13.9. The lowest BCUT2D eigenvalue weighted by molar-refractivity contribution is -0.123. The maximum atomic E-state index is 14.6. The molecule has 11 nitrogen and oxygen atoms in total. The quantitative estimate of drug-likeness (QED) is 0.259. The Kier molecular flexibility index (Phi) is 10.0. The topological polar surface area (TPSA) is 149 Å². The average molecular weight is 569 g/mol. The number of carbonyl (C=O) groups excluding carboxylic acids is 2. The molecule has 1 atom stereocenters. The molecule has 0 aromatic carbocycles. The van der Waals surface area contributed by atoms with Gasteiger partial charge in [0.25, 0.3) is 5.56 Å². The summed E-state index contributed by atoms with van der Waals surface area (Å²) in [6.45, 7) is 7.74. The molecule has 0 saturated heterocycles. The first-order valence-corrected chi connectivity index (χ1v) is 13.3. The van der Waals surface area contributed by atoms with E-state index in [0.29, 0.717) is 34.4 Å². The van der Waals surface area contributed by atoms with Crippen LogP contribution in [0, 0.1) is 25.6 Å². The third-order valence-electron chi connectivity index (χ3n) is 6.73. The number of H-pyrrole nitrogens is 1. The molecule has 0 aliphatic rings. The largest absolute Gasteiger partial charge is 0.465 e. The molecule has 0 fully saturated rings. The van der Waals surface area contributed by atoms with Crippen LogP contribution in [0.3, 0.4) is 0 Å². The molecule has 220 valence electrons. The standard InChI is InChI=1S/C29H37FN6O5/c1-16(2)13-19-20(30)14-31-25-18(4)23(32-26(19)25)15-36-17(3)11-12-22(28(36)39)33-27(38)21(34-29(40)41)9-7-8-10-24(37)35(5)6/h8,10-12,14,16,21,32,34H,7,9,13,15H2,1-6H3,(H,33,38)(H,40,41). The first kappa shape index (κ1) is 31.1. The van der Waals surface area contributed by atoms with Crippen LogP contribution in [-0.2, 0) is 22.6 Å². The van der Waals surface area contributed by atoms with Crippen molar-refractivity contribution < 1.29 is 23.9 Å². The van der Waals surface area contributed by atoms with E-state index in [1.807, 2.05) is 20.8 Å². The molecular formula is C29H37FN6O5. The highest BCUT2D eigenvalue weighted by Gasteiger charge is 2.22. The fourth-order valence-electron chi connectivity index (χ4n) is 4.45. The number of aromatic nitrogens is 3. The number of halogens is 1. The van der Waals surface area contributed by atoms with E-state index >= 15 is 0 Å². The molecule has 3 amide bonds. The normalized spacial score (nSPS) is 12.2. The Balaban J connectivity index is 1.86. The van der Waals surface area contributed by atoms with Crippen LogP contribution in [0.4, 0.5) is 14.9 Å². The van der Waals surface area contributed by atoms with Crippen molar-refractivity contribution in [2.24, 2.45) is 5.92 Å². The summed E-state index contributed by atoms with van der Waals surface area (Å²) < 4.78 is 16.1. The van der Waals surface area contributed by atoms with Crippen molar-refractivity contribution in [3.8, 4) is 0 Å². The highest BCUT2D eigenvalue weighted by Crippen LogP contribution is 2.27. The molecule has 12 heteroatoms. The number of carboxylic acid groups (broad SMARTS) is 1. The predicted molar refractivity (Wildman–Crippen MR) is 155 cm³/mol. The number of fused-ring (bicyclic) bond motifs is 1. The van der Waals surface area contributed by atoms with E-state index in [-0.39, 0.29) is 42.7 Å². The molecule has 3 rings (SSSR count). The van der Waals surface area contributed by atoms with Crippen molar-refractivity contribution in [1.29, 1.82) is 0 Å². The lowest BCUT2D eigenvalue weighted by atomic mass is 10.0. The summed E-state index contributed by atoms with van der Waals surface area (Å²) in [7, 11) is 3.20. The number of carbonyl (C=O) groups is 3. The number of likely N-dealkylation sites (N-methyl/N-ethyl adjacent to an activating group) is 1. The number of amides is 3. The molecule has 3 aromatic heterocycles. The van der Waals surface area contributed by atoms with E-state index in [1.165, 1.54) is 27.8 Å². The van der Waals surface area contributed by atoms with Crippen molar-refractivity contribution in [3.05, 3.63) is 69.2 Å². The zero-order valence-electron chi connectivity index (χ0n) is 24.2.